The smallest absolute Gasteiger partial charge is 0.153 e. The van der Waals surface area contributed by atoms with Crippen molar-refractivity contribution in [2.75, 3.05) is 5.32 Å². The fraction of sp³-hybridized carbons (Fsp3) is 0.222. The molecule has 1 N–H and O–H groups in total. The van der Waals surface area contributed by atoms with Gasteiger partial charge in [-0.05, 0) is 18.6 Å². The Morgan fingerprint density at radius 3 is 2.86 bits per heavy atom. The Morgan fingerprint density at radius 2 is 2.21 bits per heavy atom. The Balaban J connectivity index is 2.18. The molecule has 0 aromatic carbocycles. The zero-order valence-corrected chi connectivity index (χ0v) is 8.10. The van der Waals surface area contributed by atoms with Gasteiger partial charge in [0, 0.05) is 13.2 Å². The summed E-state index contributed by atoms with van der Waals surface area (Å²) in [4.78, 5) is 0. The van der Waals surface area contributed by atoms with Crippen molar-refractivity contribution < 1.29 is 0 Å². The van der Waals surface area contributed by atoms with Gasteiger partial charge in [-0.2, -0.15) is 10.2 Å². The molecule has 0 aliphatic heterocycles. The fourth-order valence-corrected chi connectivity index (χ4v) is 1.16. The highest BCUT2D eigenvalue weighted by Crippen LogP contribution is 2.12. The van der Waals surface area contributed by atoms with Crippen LogP contribution in [0.1, 0.15) is 5.56 Å². The second kappa shape index (κ2) is 3.45. The molecule has 2 heterocycles. The monoisotopic (exact) mass is 189 g/mol. The number of anilines is 2. The van der Waals surface area contributed by atoms with E-state index in [-0.39, 0.29) is 0 Å². The molecule has 2 rings (SSSR count). The Labute approximate surface area is 81.8 Å². The molecular formula is C9H11N5. The first-order valence-corrected chi connectivity index (χ1v) is 4.29. The second-order valence-electron chi connectivity index (χ2n) is 3.15. The van der Waals surface area contributed by atoms with Crippen molar-refractivity contribution in [2.45, 2.75) is 6.92 Å². The van der Waals surface area contributed by atoms with Gasteiger partial charge in [0.05, 0.1) is 18.1 Å². The van der Waals surface area contributed by atoms with Crippen molar-refractivity contribution in [2.24, 2.45) is 7.05 Å². The van der Waals surface area contributed by atoms with E-state index in [2.05, 4.69) is 20.6 Å². The van der Waals surface area contributed by atoms with Gasteiger partial charge >= 0.3 is 0 Å². The number of nitrogens with zero attached hydrogens (tertiary/aromatic N) is 4. The minimum Gasteiger partial charge on any atom is -0.336 e. The van der Waals surface area contributed by atoms with E-state index in [1.807, 2.05) is 26.2 Å². The van der Waals surface area contributed by atoms with Crippen LogP contribution in [-0.2, 0) is 7.05 Å². The van der Waals surface area contributed by atoms with E-state index in [1.165, 1.54) is 0 Å². The van der Waals surface area contributed by atoms with E-state index in [1.54, 1.807) is 17.1 Å². The molecule has 0 saturated heterocycles. The number of aryl methyl sites for hydroxylation is 2. The summed E-state index contributed by atoms with van der Waals surface area (Å²) in [6, 6.07) is 1.93. The van der Waals surface area contributed by atoms with E-state index in [0.29, 0.717) is 0 Å². The topological polar surface area (TPSA) is 55.6 Å². The van der Waals surface area contributed by atoms with Crippen LogP contribution in [0.4, 0.5) is 11.5 Å². The van der Waals surface area contributed by atoms with E-state index in [9.17, 15) is 0 Å². The quantitative estimate of drug-likeness (QED) is 0.772. The summed E-state index contributed by atoms with van der Waals surface area (Å²) >= 11 is 0. The van der Waals surface area contributed by atoms with Gasteiger partial charge in [0.15, 0.2) is 5.82 Å². The molecule has 0 atom stereocenters. The Morgan fingerprint density at radius 1 is 1.36 bits per heavy atom. The summed E-state index contributed by atoms with van der Waals surface area (Å²) < 4.78 is 1.73. The number of rotatable bonds is 2. The molecule has 2 aromatic rings. The number of nitrogens with one attached hydrogen (secondary N) is 1. The van der Waals surface area contributed by atoms with Crippen molar-refractivity contribution >= 4 is 11.5 Å². The lowest BCUT2D eigenvalue weighted by atomic mass is 10.3. The molecule has 0 spiro atoms. The van der Waals surface area contributed by atoms with Crippen LogP contribution in [0.15, 0.2) is 24.7 Å². The third kappa shape index (κ3) is 1.87. The lowest BCUT2D eigenvalue weighted by Gasteiger charge is -2.00. The maximum atomic E-state index is 4.04. The van der Waals surface area contributed by atoms with Crippen molar-refractivity contribution in [1.29, 1.82) is 0 Å². The predicted octanol–water partition coefficient (Wildman–Crippen LogP) is 1.26. The first-order valence-electron chi connectivity index (χ1n) is 4.29. The van der Waals surface area contributed by atoms with Gasteiger partial charge in [-0.25, -0.2) is 0 Å². The van der Waals surface area contributed by atoms with E-state index >= 15 is 0 Å². The molecular weight excluding hydrogens is 178 g/mol. The average molecular weight is 189 g/mol. The maximum Gasteiger partial charge on any atom is 0.153 e. The van der Waals surface area contributed by atoms with Gasteiger partial charge < -0.3 is 5.32 Å². The molecule has 0 bridgehead atoms. The van der Waals surface area contributed by atoms with Crippen LogP contribution in [0.25, 0.3) is 0 Å². The van der Waals surface area contributed by atoms with Crippen molar-refractivity contribution in [3.05, 3.63) is 30.2 Å². The summed E-state index contributed by atoms with van der Waals surface area (Å²) in [7, 11) is 1.87. The first-order chi connectivity index (χ1) is 6.74. The van der Waals surface area contributed by atoms with Crippen LogP contribution in [0.2, 0.25) is 0 Å². The summed E-state index contributed by atoms with van der Waals surface area (Å²) in [6.45, 7) is 1.98. The van der Waals surface area contributed by atoms with Gasteiger partial charge in [0.2, 0.25) is 0 Å². The minimum absolute atomic E-state index is 0.734. The Bertz CT molecular complexity index is 434. The highest BCUT2D eigenvalue weighted by Gasteiger charge is 1.98. The van der Waals surface area contributed by atoms with Gasteiger partial charge in [-0.3, -0.25) is 4.68 Å². The molecule has 0 radical (unpaired) electrons. The van der Waals surface area contributed by atoms with Crippen LogP contribution in [0, 0.1) is 6.92 Å². The molecule has 14 heavy (non-hydrogen) atoms. The number of aromatic nitrogens is 4. The summed E-state index contributed by atoms with van der Waals surface area (Å²) in [5, 5.41) is 14.9. The van der Waals surface area contributed by atoms with Gasteiger partial charge in [0.1, 0.15) is 0 Å². The van der Waals surface area contributed by atoms with Crippen LogP contribution in [-0.4, -0.2) is 20.0 Å². The van der Waals surface area contributed by atoms with Crippen LogP contribution in [0.5, 0.6) is 0 Å². The van der Waals surface area contributed by atoms with Gasteiger partial charge in [-0.1, -0.05) is 0 Å². The number of hydrogen-bond acceptors (Lipinski definition) is 4. The largest absolute Gasteiger partial charge is 0.336 e. The molecule has 0 saturated carbocycles. The van der Waals surface area contributed by atoms with Gasteiger partial charge in [-0.15, -0.1) is 5.10 Å². The number of hydrogen-bond donors (Lipinski definition) is 1. The lowest BCUT2D eigenvalue weighted by molar-refractivity contribution is 0.768. The van der Waals surface area contributed by atoms with E-state index < -0.39 is 0 Å². The van der Waals surface area contributed by atoms with Crippen molar-refractivity contribution in [1.82, 2.24) is 20.0 Å². The molecule has 5 heteroatoms. The SMILES string of the molecule is Cc1cnnc(Nc2cnn(C)c2)c1. The normalized spacial score (nSPS) is 10.1. The molecule has 2 aromatic heterocycles. The third-order valence-corrected chi connectivity index (χ3v) is 1.77. The highest BCUT2D eigenvalue weighted by atomic mass is 15.3. The Kier molecular flexibility index (Phi) is 2.14. The fourth-order valence-electron chi connectivity index (χ4n) is 1.16. The predicted molar refractivity (Wildman–Crippen MR) is 53.3 cm³/mol. The van der Waals surface area contributed by atoms with E-state index in [4.69, 9.17) is 0 Å². The minimum atomic E-state index is 0.734. The molecule has 0 aliphatic carbocycles. The highest BCUT2D eigenvalue weighted by molar-refractivity contribution is 5.53. The first kappa shape index (κ1) is 8.68. The molecule has 0 fully saturated rings. The molecule has 5 nitrogen and oxygen atoms in total. The molecule has 0 unspecified atom stereocenters. The van der Waals surface area contributed by atoms with Crippen LogP contribution < -0.4 is 5.32 Å². The molecule has 0 aliphatic rings. The second-order valence-corrected chi connectivity index (χ2v) is 3.15. The van der Waals surface area contributed by atoms with Crippen LogP contribution >= 0.6 is 0 Å². The van der Waals surface area contributed by atoms with Crippen LogP contribution in [0.3, 0.4) is 0 Å². The average Bonchev–Trinajstić information content (AvgIpc) is 2.51. The summed E-state index contributed by atoms with van der Waals surface area (Å²) in [6.07, 6.45) is 5.34. The summed E-state index contributed by atoms with van der Waals surface area (Å²) in [5.41, 5.74) is 1.98. The molecule has 0 amide bonds. The summed E-state index contributed by atoms with van der Waals surface area (Å²) in [5.74, 6) is 0.734. The van der Waals surface area contributed by atoms with Crippen molar-refractivity contribution in [3.63, 3.8) is 0 Å². The van der Waals surface area contributed by atoms with Gasteiger partial charge in [0.25, 0.3) is 0 Å². The van der Waals surface area contributed by atoms with Crippen molar-refractivity contribution in [3.8, 4) is 0 Å². The Hall–Kier alpha value is -1.91. The lowest BCUT2D eigenvalue weighted by Crippen LogP contribution is -1.94. The van der Waals surface area contributed by atoms with E-state index in [0.717, 1.165) is 17.1 Å². The molecule has 72 valence electrons. The zero-order chi connectivity index (χ0) is 9.97. The standard InChI is InChI=1S/C9H11N5/c1-7-3-9(13-10-4-7)12-8-5-11-14(2)6-8/h3-6H,1-2H3,(H,12,13). The maximum absolute atomic E-state index is 4.04. The third-order valence-electron chi connectivity index (χ3n) is 1.77. The zero-order valence-electron chi connectivity index (χ0n) is 8.10.